The molecular weight excluding hydrogens is 454 g/mol. The molecule has 2 fully saturated rings. The maximum Gasteiger partial charge on any atom is 0.252 e. The van der Waals surface area contributed by atoms with E-state index in [0.29, 0.717) is 5.56 Å². The molecule has 0 aliphatic carbocycles. The Bertz CT molecular complexity index is 1160. The summed E-state index contributed by atoms with van der Waals surface area (Å²) in [5.74, 6) is 0.686. The standard InChI is InChI=1S/C29H35N3O2S/c1-20-8-9-24(34-25-12-13-30-18-25)17-27(20)29(33)31-21(2)22-6-5-7-23(16-22)28-11-10-26(35-28)19-32-14-3-4-15-32/h5-11,16-17,21,25,30H,3-4,12-15,18-19H2,1-2H3,(H,31,33)/t21-,25?/m1/s1. The van der Waals surface area contributed by atoms with Gasteiger partial charge in [0, 0.05) is 28.4 Å². The summed E-state index contributed by atoms with van der Waals surface area (Å²) >= 11 is 1.87. The van der Waals surface area contributed by atoms with Crippen LogP contribution in [0.3, 0.4) is 0 Å². The summed E-state index contributed by atoms with van der Waals surface area (Å²) < 4.78 is 6.07. The third kappa shape index (κ3) is 5.95. The van der Waals surface area contributed by atoms with E-state index in [1.54, 1.807) is 0 Å². The number of likely N-dealkylation sites (tertiary alicyclic amines) is 1. The van der Waals surface area contributed by atoms with E-state index in [0.717, 1.165) is 42.9 Å². The Hall–Kier alpha value is -2.67. The molecule has 0 spiro atoms. The molecule has 0 bridgehead atoms. The highest BCUT2D eigenvalue weighted by atomic mass is 32.1. The van der Waals surface area contributed by atoms with Crippen LogP contribution in [0.1, 0.15) is 58.6 Å². The van der Waals surface area contributed by atoms with Crippen molar-refractivity contribution in [3.05, 3.63) is 76.2 Å². The maximum atomic E-state index is 13.2. The van der Waals surface area contributed by atoms with Gasteiger partial charge in [-0.05, 0) is 99.8 Å². The highest BCUT2D eigenvalue weighted by Gasteiger charge is 2.19. The number of hydrogen-bond acceptors (Lipinski definition) is 5. The largest absolute Gasteiger partial charge is 0.489 e. The molecule has 35 heavy (non-hydrogen) atoms. The lowest BCUT2D eigenvalue weighted by Gasteiger charge is -2.18. The normalized spacial score (nSPS) is 19.1. The lowest BCUT2D eigenvalue weighted by Crippen LogP contribution is -2.27. The van der Waals surface area contributed by atoms with Gasteiger partial charge < -0.3 is 15.4 Å². The molecule has 0 radical (unpaired) electrons. The average Bonchev–Trinajstić information content (AvgIpc) is 3.64. The summed E-state index contributed by atoms with van der Waals surface area (Å²) in [6, 6.07) is 18.7. The Morgan fingerprint density at radius 3 is 2.83 bits per heavy atom. The van der Waals surface area contributed by atoms with Crippen LogP contribution < -0.4 is 15.4 Å². The first-order valence-electron chi connectivity index (χ1n) is 12.8. The van der Waals surface area contributed by atoms with Crippen LogP contribution >= 0.6 is 11.3 Å². The molecule has 5 nitrogen and oxygen atoms in total. The van der Waals surface area contributed by atoms with Gasteiger partial charge in [0.2, 0.25) is 0 Å². The third-order valence-electron chi connectivity index (χ3n) is 7.03. The monoisotopic (exact) mass is 489 g/mol. The maximum absolute atomic E-state index is 13.2. The first-order chi connectivity index (χ1) is 17.0. The number of carbonyl (C=O) groups is 1. The number of ether oxygens (including phenoxy) is 1. The van der Waals surface area contributed by atoms with Crippen molar-refractivity contribution in [2.45, 2.75) is 51.8 Å². The van der Waals surface area contributed by atoms with Crippen molar-refractivity contribution in [3.63, 3.8) is 0 Å². The number of rotatable bonds is 8. The van der Waals surface area contributed by atoms with Crippen molar-refractivity contribution >= 4 is 17.2 Å². The molecule has 0 saturated carbocycles. The third-order valence-corrected chi connectivity index (χ3v) is 8.15. The predicted molar refractivity (Wildman–Crippen MR) is 143 cm³/mol. The molecule has 2 atom stereocenters. The number of amides is 1. The fraction of sp³-hybridized carbons (Fsp3) is 0.414. The fourth-order valence-corrected chi connectivity index (χ4v) is 5.98. The van der Waals surface area contributed by atoms with Crippen LogP contribution in [0.5, 0.6) is 5.75 Å². The van der Waals surface area contributed by atoms with Gasteiger partial charge in [0.15, 0.2) is 0 Å². The van der Waals surface area contributed by atoms with Gasteiger partial charge >= 0.3 is 0 Å². The molecule has 1 aromatic heterocycles. The van der Waals surface area contributed by atoms with Gasteiger partial charge in [0.25, 0.3) is 5.91 Å². The molecule has 2 N–H and O–H groups in total. The Morgan fingerprint density at radius 2 is 2.03 bits per heavy atom. The zero-order chi connectivity index (χ0) is 24.2. The molecular formula is C29H35N3O2S. The highest BCUT2D eigenvalue weighted by molar-refractivity contribution is 7.15. The summed E-state index contributed by atoms with van der Waals surface area (Å²) in [6.45, 7) is 9.33. The molecule has 2 aromatic carbocycles. The minimum Gasteiger partial charge on any atom is -0.489 e. The Kier molecular flexibility index (Phi) is 7.51. The van der Waals surface area contributed by atoms with E-state index in [4.69, 9.17) is 4.74 Å². The van der Waals surface area contributed by atoms with Gasteiger partial charge in [0.05, 0.1) is 6.04 Å². The average molecular weight is 490 g/mol. The number of aryl methyl sites for hydroxylation is 1. The Morgan fingerprint density at radius 1 is 1.17 bits per heavy atom. The number of hydrogen-bond donors (Lipinski definition) is 2. The molecule has 184 valence electrons. The topological polar surface area (TPSA) is 53.6 Å². The SMILES string of the molecule is Cc1ccc(OC2CCNC2)cc1C(=O)N[C@H](C)c1cccc(-c2ccc(CN3CCCC3)s2)c1. The zero-order valence-electron chi connectivity index (χ0n) is 20.7. The number of benzene rings is 2. The zero-order valence-corrected chi connectivity index (χ0v) is 21.5. The summed E-state index contributed by atoms with van der Waals surface area (Å²) in [5, 5.41) is 6.51. The van der Waals surface area contributed by atoms with Crippen LogP contribution in [0.15, 0.2) is 54.6 Å². The van der Waals surface area contributed by atoms with Crippen molar-refractivity contribution in [2.75, 3.05) is 26.2 Å². The minimum absolute atomic E-state index is 0.0700. The summed E-state index contributed by atoms with van der Waals surface area (Å²) in [6.07, 6.45) is 3.80. The summed E-state index contributed by atoms with van der Waals surface area (Å²) in [4.78, 5) is 18.4. The van der Waals surface area contributed by atoms with Gasteiger partial charge in [-0.3, -0.25) is 9.69 Å². The van der Waals surface area contributed by atoms with Crippen molar-refractivity contribution in [3.8, 4) is 16.2 Å². The quantitative estimate of drug-likeness (QED) is 0.436. The van der Waals surface area contributed by atoms with Crippen LogP contribution in [0.25, 0.3) is 10.4 Å². The molecule has 1 amide bonds. The van der Waals surface area contributed by atoms with E-state index >= 15 is 0 Å². The first kappa shape index (κ1) is 24.0. The van der Waals surface area contributed by atoms with E-state index in [1.165, 1.54) is 41.2 Å². The first-order valence-corrected chi connectivity index (χ1v) is 13.6. The Balaban J connectivity index is 1.25. The van der Waals surface area contributed by atoms with Crippen LogP contribution in [-0.2, 0) is 6.54 Å². The lowest BCUT2D eigenvalue weighted by atomic mass is 10.0. The van der Waals surface area contributed by atoms with E-state index in [1.807, 2.05) is 43.4 Å². The number of thiophene rings is 1. The molecule has 3 heterocycles. The minimum atomic E-state index is -0.102. The smallest absolute Gasteiger partial charge is 0.252 e. The summed E-state index contributed by atoms with van der Waals surface area (Å²) in [5.41, 5.74) is 3.93. The second kappa shape index (κ2) is 10.9. The van der Waals surface area contributed by atoms with Crippen LogP contribution in [-0.4, -0.2) is 43.1 Å². The molecule has 3 aromatic rings. The van der Waals surface area contributed by atoms with Crippen molar-refractivity contribution < 1.29 is 9.53 Å². The van der Waals surface area contributed by atoms with Crippen LogP contribution in [0.4, 0.5) is 0 Å². The lowest BCUT2D eigenvalue weighted by molar-refractivity contribution is 0.0938. The molecule has 1 unspecified atom stereocenters. The number of carbonyl (C=O) groups excluding carboxylic acids is 1. The van der Waals surface area contributed by atoms with Gasteiger partial charge in [-0.1, -0.05) is 24.3 Å². The highest BCUT2D eigenvalue weighted by Crippen LogP contribution is 2.31. The van der Waals surface area contributed by atoms with Gasteiger partial charge in [-0.2, -0.15) is 0 Å². The summed E-state index contributed by atoms with van der Waals surface area (Å²) in [7, 11) is 0. The molecule has 5 rings (SSSR count). The van der Waals surface area contributed by atoms with Gasteiger partial charge in [-0.15, -0.1) is 11.3 Å². The second-order valence-corrected chi connectivity index (χ2v) is 10.9. The van der Waals surface area contributed by atoms with Crippen molar-refractivity contribution in [2.24, 2.45) is 0 Å². The Labute approximate surface area is 212 Å². The van der Waals surface area contributed by atoms with E-state index in [-0.39, 0.29) is 18.1 Å². The van der Waals surface area contributed by atoms with E-state index < -0.39 is 0 Å². The second-order valence-electron chi connectivity index (χ2n) is 9.78. The molecule has 2 aliphatic rings. The number of nitrogens with one attached hydrogen (secondary N) is 2. The van der Waals surface area contributed by atoms with E-state index in [9.17, 15) is 4.79 Å². The fourth-order valence-electron chi connectivity index (χ4n) is 4.94. The van der Waals surface area contributed by atoms with Crippen molar-refractivity contribution in [1.82, 2.24) is 15.5 Å². The van der Waals surface area contributed by atoms with Crippen molar-refractivity contribution in [1.29, 1.82) is 0 Å². The molecule has 2 aliphatic heterocycles. The molecule has 6 heteroatoms. The number of nitrogens with zero attached hydrogens (tertiary/aromatic N) is 1. The van der Waals surface area contributed by atoms with Crippen LogP contribution in [0, 0.1) is 6.92 Å². The van der Waals surface area contributed by atoms with E-state index in [2.05, 4.69) is 51.9 Å². The van der Waals surface area contributed by atoms with Gasteiger partial charge in [-0.25, -0.2) is 0 Å². The molecule has 2 saturated heterocycles. The van der Waals surface area contributed by atoms with Gasteiger partial charge in [0.1, 0.15) is 11.9 Å². The predicted octanol–water partition coefficient (Wildman–Crippen LogP) is 5.55. The van der Waals surface area contributed by atoms with Crippen LogP contribution in [0.2, 0.25) is 0 Å².